The van der Waals surface area contributed by atoms with Crippen molar-refractivity contribution in [3.8, 4) is 5.75 Å². The fourth-order valence-electron chi connectivity index (χ4n) is 3.34. The fourth-order valence-corrected chi connectivity index (χ4v) is 3.34. The zero-order valence-electron chi connectivity index (χ0n) is 14.3. The molecule has 0 saturated carbocycles. The van der Waals surface area contributed by atoms with Gasteiger partial charge in [-0.2, -0.15) is 0 Å². The molecule has 2 amide bonds. The van der Waals surface area contributed by atoms with E-state index in [2.05, 4.69) is 24.3 Å². The van der Waals surface area contributed by atoms with Crippen molar-refractivity contribution in [2.75, 3.05) is 20.2 Å². The number of hydrogen-bond donors (Lipinski definition) is 1. The first-order valence-corrected chi connectivity index (χ1v) is 8.39. The van der Waals surface area contributed by atoms with Gasteiger partial charge in [0.1, 0.15) is 5.75 Å². The Morgan fingerprint density at radius 3 is 2.80 bits per heavy atom. The summed E-state index contributed by atoms with van der Waals surface area (Å²) < 4.78 is 5.27. The van der Waals surface area contributed by atoms with Gasteiger partial charge in [0.05, 0.1) is 0 Å². The highest BCUT2D eigenvalue weighted by molar-refractivity contribution is 5.94. The molecule has 1 unspecified atom stereocenters. The largest absolute Gasteiger partial charge is 0.484 e. The zero-order valence-corrected chi connectivity index (χ0v) is 14.3. The Balaban J connectivity index is 1.67. The summed E-state index contributed by atoms with van der Waals surface area (Å²) in [6.07, 6.45) is 2.14. The molecule has 0 radical (unpaired) electrons. The molecule has 2 N–H and O–H groups in total. The molecule has 0 aliphatic heterocycles. The predicted octanol–water partition coefficient (Wildman–Crippen LogP) is 2.35. The molecule has 0 bridgehead atoms. The predicted molar refractivity (Wildman–Crippen MR) is 95.6 cm³/mol. The number of nitrogens with zero attached hydrogens (tertiary/aromatic N) is 1. The number of likely N-dealkylation sites (N-methyl/N-ethyl adjacent to an activating group) is 1. The van der Waals surface area contributed by atoms with Crippen molar-refractivity contribution in [3.63, 3.8) is 0 Å². The van der Waals surface area contributed by atoms with Crippen molar-refractivity contribution in [2.24, 2.45) is 5.73 Å². The topological polar surface area (TPSA) is 72.6 Å². The van der Waals surface area contributed by atoms with Gasteiger partial charge in [-0.15, -0.1) is 0 Å². The van der Waals surface area contributed by atoms with Gasteiger partial charge in [0.25, 0.3) is 11.8 Å². The second kappa shape index (κ2) is 7.38. The molecule has 0 saturated heterocycles. The maximum atomic E-state index is 12.7. The van der Waals surface area contributed by atoms with E-state index in [4.69, 9.17) is 10.5 Å². The summed E-state index contributed by atoms with van der Waals surface area (Å²) in [7, 11) is 1.82. The van der Waals surface area contributed by atoms with E-state index >= 15 is 0 Å². The van der Waals surface area contributed by atoms with Crippen LogP contribution in [0.5, 0.6) is 5.75 Å². The van der Waals surface area contributed by atoms with Crippen molar-refractivity contribution < 1.29 is 14.3 Å². The van der Waals surface area contributed by atoms with E-state index in [0.29, 0.717) is 23.8 Å². The molecule has 130 valence electrons. The molecule has 5 heteroatoms. The molecule has 25 heavy (non-hydrogen) atoms. The Kier molecular flexibility index (Phi) is 5.03. The third kappa shape index (κ3) is 3.99. The summed E-state index contributed by atoms with van der Waals surface area (Å²) in [6, 6.07) is 15.3. The van der Waals surface area contributed by atoms with Crippen LogP contribution in [0.1, 0.15) is 33.8 Å². The van der Waals surface area contributed by atoms with Crippen LogP contribution in [-0.4, -0.2) is 36.9 Å². The lowest BCUT2D eigenvalue weighted by molar-refractivity contribution is -0.119. The zero-order chi connectivity index (χ0) is 17.8. The standard InChI is InChI=1S/C20H22N2O3/c1-22(12-16-10-9-14-5-2-3-8-18(14)16)20(24)15-6-4-7-17(11-15)25-13-19(21)23/h2-8,11,16H,9-10,12-13H2,1H3,(H2,21,23). The summed E-state index contributed by atoms with van der Waals surface area (Å²) in [5.74, 6) is 0.228. The Labute approximate surface area is 147 Å². The van der Waals surface area contributed by atoms with Crippen molar-refractivity contribution in [1.82, 2.24) is 4.90 Å². The average Bonchev–Trinajstić information content (AvgIpc) is 3.02. The van der Waals surface area contributed by atoms with Crippen molar-refractivity contribution >= 4 is 11.8 Å². The summed E-state index contributed by atoms with van der Waals surface area (Å²) >= 11 is 0. The van der Waals surface area contributed by atoms with Crippen LogP contribution in [0.2, 0.25) is 0 Å². The monoisotopic (exact) mass is 338 g/mol. The Hall–Kier alpha value is -2.82. The number of nitrogens with two attached hydrogens (primary N) is 1. The van der Waals surface area contributed by atoms with Crippen LogP contribution in [0, 0.1) is 0 Å². The third-order valence-corrected chi connectivity index (χ3v) is 4.56. The van der Waals surface area contributed by atoms with Crippen molar-refractivity contribution in [3.05, 3.63) is 65.2 Å². The lowest BCUT2D eigenvalue weighted by atomic mass is 10.0. The van der Waals surface area contributed by atoms with Gasteiger partial charge in [-0.05, 0) is 42.2 Å². The molecule has 3 rings (SSSR count). The van der Waals surface area contributed by atoms with Gasteiger partial charge in [0.15, 0.2) is 6.61 Å². The minimum Gasteiger partial charge on any atom is -0.484 e. The lowest BCUT2D eigenvalue weighted by Crippen LogP contribution is -2.30. The molecule has 1 aliphatic rings. The van der Waals surface area contributed by atoms with Gasteiger partial charge in [-0.1, -0.05) is 30.3 Å². The van der Waals surface area contributed by atoms with Gasteiger partial charge in [-0.3, -0.25) is 9.59 Å². The van der Waals surface area contributed by atoms with Crippen LogP contribution < -0.4 is 10.5 Å². The Bertz CT molecular complexity index is 788. The molecule has 0 aromatic heterocycles. The van der Waals surface area contributed by atoms with E-state index in [1.54, 1.807) is 29.2 Å². The number of fused-ring (bicyclic) bond motifs is 1. The summed E-state index contributed by atoms with van der Waals surface area (Å²) in [5, 5.41) is 0. The highest BCUT2D eigenvalue weighted by atomic mass is 16.5. The molecule has 5 nitrogen and oxygen atoms in total. The highest BCUT2D eigenvalue weighted by Gasteiger charge is 2.25. The Morgan fingerprint density at radius 2 is 2.00 bits per heavy atom. The summed E-state index contributed by atoms with van der Waals surface area (Å²) in [5.41, 5.74) is 8.35. The van der Waals surface area contributed by atoms with E-state index in [1.807, 2.05) is 7.05 Å². The SMILES string of the molecule is CN(CC1CCc2ccccc21)C(=O)c1cccc(OCC(N)=O)c1. The maximum absolute atomic E-state index is 12.7. The maximum Gasteiger partial charge on any atom is 0.255 e. The number of rotatable bonds is 6. The van der Waals surface area contributed by atoms with Crippen molar-refractivity contribution in [1.29, 1.82) is 0 Å². The minimum absolute atomic E-state index is 0.0612. The van der Waals surface area contributed by atoms with Crippen LogP contribution in [0.25, 0.3) is 0 Å². The molecule has 0 spiro atoms. The van der Waals surface area contributed by atoms with E-state index in [1.165, 1.54) is 11.1 Å². The lowest BCUT2D eigenvalue weighted by Gasteiger charge is -2.22. The van der Waals surface area contributed by atoms with E-state index in [0.717, 1.165) is 12.8 Å². The molecular formula is C20H22N2O3. The number of carbonyl (C=O) groups excluding carboxylic acids is 2. The number of benzene rings is 2. The Morgan fingerprint density at radius 1 is 1.20 bits per heavy atom. The van der Waals surface area contributed by atoms with E-state index in [9.17, 15) is 9.59 Å². The number of amides is 2. The van der Waals surface area contributed by atoms with Crippen LogP contribution in [-0.2, 0) is 11.2 Å². The normalized spacial score (nSPS) is 15.5. The number of carbonyl (C=O) groups is 2. The van der Waals surface area contributed by atoms with Gasteiger partial charge in [-0.25, -0.2) is 0 Å². The molecular weight excluding hydrogens is 316 g/mol. The molecule has 2 aromatic rings. The number of aryl methyl sites for hydroxylation is 1. The summed E-state index contributed by atoms with van der Waals surface area (Å²) in [6.45, 7) is 0.481. The first kappa shape index (κ1) is 17.0. The van der Waals surface area contributed by atoms with Crippen LogP contribution in [0.3, 0.4) is 0 Å². The quantitative estimate of drug-likeness (QED) is 0.879. The molecule has 2 aromatic carbocycles. The second-order valence-electron chi connectivity index (χ2n) is 6.40. The van der Waals surface area contributed by atoms with Crippen LogP contribution in [0.15, 0.2) is 48.5 Å². The first-order valence-electron chi connectivity index (χ1n) is 8.39. The molecule has 1 atom stereocenters. The number of hydrogen-bond acceptors (Lipinski definition) is 3. The smallest absolute Gasteiger partial charge is 0.255 e. The summed E-state index contributed by atoms with van der Waals surface area (Å²) in [4.78, 5) is 25.3. The fraction of sp³-hybridized carbons (Fsp3) is 0.300. The molecule has 1 aliphatic carbocycles. The van der Waals surface area contributed by atoms with Crippen LogP contribution >= 0.6 is 0 Å². The van der Waals surface area contributed by atoms with Gasteiger partial charge < -0.3 is 15.4 Å². The second-order valence-corrected chi connectivity index (χ2v) is 6.40. The minimum atomic E-state index is -0.547. The highest BCUT2D eigenvalue weighted by Crippen LogP contribution is 2.33. The number of ether oxygens (including phenoxy) is 1. The van der Waals surface area contributed by atoms with Gasteiger partial charge in [0, 0.05) is 25.1 Å². The molecule has 0 heterocycles. The third-order valence-electron chi connectivity index (χ3n) is 4.56. The molecule has 0 fully saturated rings. The first-order chi connectivity index (χ1) is 12.0. The van der Waals surface area contributed by atoms with E-state index < -0.39 is 5.91 Å². The average molecular weight is 338 g/mol. The van der Waals surface area contributed by atoms with Gasteiger partial charge in [0.2, 0.25) is 0 Å². The van der Waals surface area contributed by atoms with Crippen molar-refractivity contribution in [2.45, 2.75) is 18.8 Å². The number of primary amides is 1. The van der Waals surface area contributed by atoms with Gasteiger partial charge >= 0.3 is 0 Å². The van der Waals surface area contributed by atoms with Crippen LogP contribution in [0.4, 0.5) is 0 Å². The van der Waals surface area contributed by atoms with E-state index in [-0.39, 0.29) is 12.5 Å².